The summed E-state index contributed by atoms with van der Waals surface area (Å²) >= 11 is 0. The number of primary sulfonamides is 1. The monoisotopic (exact) mass is 312 g/mol. The van der Waals surface area contributed by atoms with E-state index in [4.69, 9.17) is 9.88 Å². The van der Waals surface area contributed by atoms with Gasteiger partial charge in [0.25, 0.3) is 5.91 Å². The minimum Gasteiger partial charge on any atom is -0.379 e. The molecule has 1 saturated carbocycles. The lowest BCUT2D eigenvalue weighted by atomic mass is 10.2. The Bertz CT molecular complexity index is 611. The summed E-state index contributed by atoms with van der Waals surface area (Å²) in [6.45, 7) is 1.70. The van der Waals surface area contributed by atoms with Crippen molar-refractivity contribution in [2.75, 3.05) is 26.8 Å². The lowest BCUT2D eigenvalue weighted by Crippen LogP contribution is -2.30. The number of ether oxygens (including phenoxy) is 1. The van der Waals surface area contributed by atoms with E-state index in [1.54, 1.807) is 13.1 Å². The van der Waals surface area contributed by atoms with E-state index in [1.807, 2.05) is 0 Å². The second-order valence-corrected chi connectivity index (χ2v) is 6.88. The van der Waals surface area contributed by atoms with Crippen LogP contribution in [0.4, 0.5) is 0 Å². The molecule has 2 N–H and O–H groups in total. The zero-order chi connectivity index (χ0) is 15.5. The van der Waals surface area contributed by atoms with Gasteiger partial charge in [-0.25, -0.2) is 13.6 Å². The van der Waals surface area contributed by atoms with Crippen molar-refractivity contribution >= 4 is 15.9 Å². The minimum absolute atomic E-state index is 0.0632. The van der Waals surface area contributed by atoms with Gasteiger partial charge in [0.05, 0.1) is 11.5 Å². The van der Waals surface area contributed by atoms with Crippen LogP contribution in [0.3, 0.4) is 0 Å². The molecule has 0 atom stereocenters. The molecule has 0 bridgehead atoms. The fourth-order valence-corrected chi connectivity index (χ4v) is 2.42. The Balaban J connectivity index is 1.91. The Hall–Kier alpha value is -1.44. The lowest BCUT2D eigenvalue weighted by Gasteiger charge is -2.17. The average Bonchev–Trinajstić information content (AvgIpc) is 3.26. The number of sulfonamides is 1. The standard InChI is InChI=1S/C14H20N2O4S/c1-16(7-8-20-10-11-5-6-11)14(17)12-3-2-4-13(9-12)21(15,18)19/h2-4,9,11H,5-8,10H2,1H3,(H2,15,18,19). The van der Waals surface area contributed by atoms with E-state index in [9.17, 15) is 13.2 Å². The first-order valence-corrected chi connectivity index (χ1v) is 8.38. The molecule has 2 rings (SSSR count). The van der Waals surface area contributed by atoms with Gasteiger partial charge in [-0.2, -0.15) is 0 Å². The van der Waals surface area contributed by atoms with Gasteiger partial charge in [-0.05, 0) is 37.0 Å². The number of carbonyl (C=O) groups excluding carboxylic acids is 1. The van der Waals surface area contributed by atoms with Crippen LogP contribution in [-0.2, 0) is 14.8 Å². The fraction of sp³-hybridized carbons (Fsp3) is 0.500. The first-order chi connectivity index (χ1) is 9.88. The molecule has 1 fully saturated rings. The van der Waals surface area contributed by atoms with Crippen LogP contribution in [0.15, 0.2) is 29.2 Å². The van der Waals surface area contributed by atoms with Crippen molar-refractivity contribution in [2.45, 2.75) is 17.7 Å². The van der Waals surface area contributed by atoms with Gasteiger partial charge in [0.15, 0.2) is 0 Å². The maximum atomic E-state index is 12.2. The molecule has 1 aliphatic rings. The van der Waals surface area contributed by atoms with E-state index in [0.717, 1.165) is 6.61 Å². The van der Waals surface area contributed by atoms with Gasteiger partial charge in [-0.3, -0.25) is 4.79 Å². The molecule has 1 aliphatic carbocycles. The fourth-order valence-electron chi connectivity index (χ4n) is 1.86. The van der Waals surface area contributed by atoms with Crippen molar-refractivity contribution in [1.29, 1.82) is 0 Å². The molecule has 1 aromatic carbocycles. The molecule has 116 valence electrons. The SMILES string of the molecule is CN(CCOCC1CC1)C(=O)c1cccc(S(N)(=O)=O)c1. The Morgan fingerprint density at radius 3 is 2.76 bits per heavy atom. The highest BCUT2D eigenvalue weighted by molar-refractivity contribution is 7.89. The van der Waals surface area contributed by atoms with Crippen molar-refractivity contribution in [3.05, 3.63) is 29.8 Å². The summed E-state index contributed by atoms with van der Waals surface area (Å²) in [6.07, 6.45) is 2.46. The predicted octanol–water partition coefficient (Wildman–Crippen LogP) is 0.833. The summed E-state index contributed by atoms with van der Waals surface area (Å²) in [7, 11) is -2.14. The third-order valence-electron chi connectivity index (χ3n) is 3.38. The maximum absolute atomic E-state index is 12.2. The topological polar surface area (TPSA) is 89.7 Å². The van der Waals surface area contributed by atoms with E-state index in [1.165, 1.54) is 35.9 Å². The van der Waals surface area contributed by atoms with Crippen LogP contribution < -0.4 is 5.14 Å². The predicted molar refractivity (Wildman–Crippen MR) is 78.3 cm³/mol. The summed E-state index contributed by atoms with van der Waals surface area (Å²) < 4.78 is 28.1. The number of hydrogen-bond donors (Lipinski definition) is 1. The summed E-state index contributed by atoms with van der Waals surface area (Å²) in [5.74, 6) is 0.438. The normalized spacial score (nSPS) is 15.0. The number of amides is 1. The highest BCUT2D eigenvalue weighted by Gasteiger charge is 2.21. The molecule has 0 spiro atoms. The Labute approximate surface area is 124 Å². The van der Waals surface area contributed by atoms with Crippen molar-refractivity contribution in [3.8, 4) is 0 Å². The summed E-state index contributed by atoms with van der Waals surface area (Å²) in [4.78, 5) is 13.6. The number of benzene rings is 1. The van der Waals surface area contributed by atoms with Crippen LogP contribution >= 0.6 is 0 Å². The molecular formula is C14H20N2O4S. The third-order valence-corrected chi connectivity index (χ3v) is 4.29. The maximum Gasteiger partial charge on any atom is 0.253 e. The van der Waals surface area contributed by atoms with E-state index >= 15 is 0 Å². The van der Waals surface area contributed by atoms with Gasteiger partial charge >= 0.3 is 0 Å². The third kappa shape index (κ3) is 4.80. The second kappa shape index (κ2) is 6.55. The smallest absolute Gasteiger partial charge is 0.253 e. The molecular weight excluding hydrogens is 292 g/mol. The Kier molecular flexibility index (Phi) is 4.97. The Morgan fingerprint density at radius 1 is 1.43 bits per heavy atom. The average molecular weight is 312 g/mol. The molecule has 21 heavy (non-hydrogen) atoms. The molecule has 1 aromatic rings. The van der Waals surface area contributed by atoms with E-state index in [0.29, 0.717) is 24.6 Å². The van der Waals surface area contributed by atoms with Crippen LogP contribution in [0.25, 0.3) is 0 Å². The number of carbonyl (C=O) groups is 1. The van der Waals surface area contributed by atoms with E-state index in [-0.39, 0.29) is 10.8 Å². The molecule has 0 heterocycles. The largest absolute Gasteiger partial charge is 0.379 e. The van der Waals surface area contributed by atoms with E-state index in [2.05, 4.69) is 0 Å². The van der Waals surface area contributed by atoms with Gasteiger partial charge in [-0.1, -0.05) is 6.07 Å². The quantitative estimate of drug-likeness (QED) is 0.755. The van der Waals surface area contributed by atoms with Crippen LogP contribution in [-0.4, -0.2) is 46.0 Å². The molecule has 0 unspecified atom stereocenters. The summed E-state index contributed by atoms with van der Waals surface area (Å²) in [6, 6.07) is 5.73. The number of nitrogens with zero attached hydrogens (tertiary/aromatic N) is 1. The molecule has 1 amide bonds. The van der Waals surface area contributed by atoms with Crippen molar-refractivity contribution < 1.29 is 17.9 Å². The van der Waals surface area contributed by atoms with Gasteiger partial charge in [0.2, 0.25) is 10.0 Å². The second-order valence-electron chi connectivity index (χ2n) is 5.32. The van der Waals surface area contributed by atoms with Gasteiger partial charge in [0.1, 0.15) is 0 Å². The van der Waals surface area contributed by atoms with Crippen LogP contribution in [0.5, 0.6) is 0 Å². The highest BCUT2D eigenvalue weighted by atomic mass is 32.2. The van der Waals surface area contributed by atoms with Gasteiger partial charge in [-0.15, -0.1) is 0 Å². The molecule has 7 heteroatoms. The molecule has 6 nitrogen and oxygen atoms in total. The van der Waals surface area contributed by atoms with Crippen molar-refractivity contribution in [2.24, 2.45) is 11.1 Å². The van der Waals surface area contributed by atoms with Gasteiger partial charge in [0, 0.05) is 25.8 Å². The molecule has 0 aliphatic heterocycles. The minimum atomic E-state index is -3.80. The number of rotatable bonds is 7. The van der Waals surface area contributed by atoms with Crippen molar-refractivity contribution in [1.82, 2.24) is 4.90 Å². The Morgan fingerprint density at radius 2 is 2.14 bits per heavy atom. The molecule has 0 radical (unpaired) electrons. The van der Waals surface area contributed by atoms with E-state index < -0.39 is 10.0 Å². The number of hydrogen-bond acceptors (Lipinski definition) is 4. The van der Waals surface area contributed by atoms with Gasteiger partial charge < -0.3 is 9.64 Å². The molecule has 0 saturated heterocycles. The van der Waals surface area contributed by atoms with Crippen LogP contribution in [0.2, 0.25) is 0 Å². The lowest BCUT2D eigenvalue weighted by molar-refractivity contribution is 0.0681. The highest BCUT2D eigenvalue weighted by Crippen LogP contribution is 2.28. The first-order valence-electron chi connectivity index (χ1n) is 6.84. The van der Waals surface area contributed by atoms with Crippen LogP contribution in [0.1, 0.15) is 23.2 Å². The number of nitrogens with two attached hydrogens (primary N) is 1. The van der Waals surface area contributed by atoms with Crippen LogP contribution in [0, 0.1) is 5.92 Å². The zero-order valence-electron chi connectivity index (χ0n) is 12.0. The first kappa shape index (κ1) is 15.9. The van der Waals surface area contributed by atoms with Crippen molar-refractivity contribution in [3.63, 3.8) is 0 Å². The summed E-state index contributed by atoms with van der Waals surface area (Å²) in [5.41, 5.74) is 0.297. The summed E-state index contributed by atoms with van der Waals surface area (Å²) in [5, 5.41) is 5.06. The number of likely N-dealkylation sites (N-methyl/N-ethyl adjacent to an activating group) is 1. The molecule has 0 aromatic heterocycles. The zero-order valence-corrected chi connectivity index (χ0v) is 12.8.